The molecular weight excluding hydrogens is 316 g/mol. The SMILES string of the molecule is CCOC(=O)c1sc(N2CCOCC2)c(S(C)(=O)=O)c1N. The summed E-state index contributed by atoms with van der Waals surface area (Å²) in [4.78, 5) is 13.9. The summed E-state index contributed by atoms with van der Waals surface area (Å²) in [5, 5.41) is 0.487. The van der Waals surface area contributed by atoms with Gasteiger partial charge in [-0.25, -0.2) is 13.2 Å². The average molecular weight is 334 g/mol. The highest BCUT2D eigenvalue weighted by atomic mass is 32.2. The summed E-state index contributed by atoms with van der Waals surface area (Å²) >= 11 is 1.06. The monoisotopic (exact) mass is 334 g/mol. The summed E-state index contributed by atoms with van der Waals surface area (Å²) < 4.78 is 34.2. The number of nitrogens with zero attached hydrogens (tertiary/aromatic N) is 1. The van der Waals surface area contributed by atoms with E-state index in [0.29, 0.717) is 31.3 Å². The molecule has 0 atom stereocenters. The van der Waals surface area contributed by atoms with Crippen LogP contribution in [0.5, 0.6) is 0 Å². The summed E-state index contributed by atoms with van der Waals surface area (Å²) in [6.45, 7) is 4.03. The van der Waals surface area contributed by atoms with Gasteiger partial charge in [0.05, 0.1) is 25.5 Å². The number of anilines is 2. The Labute approximate surface area is 127 Å². The Morgan fingerprint density at radius 1 is 1.43 bits per heavy atom. The van der Waals surface area contributed by atoms with Crippen LogP contribution in [0.2, 0.25) is 0 Å². The minimum atomic E-state index is -3.55. The fourth-order valence-corrected chi connectivity index (χ4v) is 4.75. The van der Waals surface area contributed by atoms with Gasteiger partial charge in [0, 0.05) is 19.3 Å². The normalized spacial score (nSPS) is 16.0. The van der Waals surface area contributed by atoms with Crippen LogP contribution in [-0.2, 0) is 19.3 Å². The number of esters is 1. The van der Waals surface area contributed by atoms with Crippen LogP contribution in [0, 0.1) is 0 Å². The fraction of sp³-hybridized carbons (Fsp3) is 0.583. The van der Waals surface area contributed by atoms with Gasteiger partial charge in [-0.2, -0.15) is 0 Å². The Morgan fingerprint density at radius 3 is 2.57 bits per heavy atom. The van der Waals surface area contributed by atoms with E-state index in [1.54, 1.807) is 6.92 Å². The van der Waals surface area contributed by atoms with E-state index >= 15 is 0 Å². The molecule has 2 rings (SSSR count). The van der Waals surface area contributed by atoms with Crippen molar-refractivity contribution in [2.45, 2.75) is 11.8 Å². The fourth-order valence-electron chi connectivity index (χ4n) is 2.10. The van der Waals surface area contributed by atoms with Crippen molar-refractivity contribution in [2.75, 3.05) is 49.8 Å². The number of sulfone groups is 1. The van der Waals surface area contributed by atoms with Crippen molar-refractivity contribution in [1.29, 1.82) is 0 Å². The third-order valence-electron chi connectivity index (χ3n) is 3.01. The van der Waals surface area contributed by atoms with Gasteiger partial charge >= 0.3 is 5.97 Å². The second-order valence-corrected chi connectivity index (χ2v) is 7.52. The average Bonchev–Trinajstić information content (AvgIpc) is 2.77. The molecule has 1 fully saturated rings. The Kier molecular flexibility index (Phi) is 4.74. The van der Waals surface area contributed by atoms with Crippen molar-refractivity contribution in [1.82, 2.24) is 0 Å². The molecule has 0 unspecified atom stereocenters. The number of hydrogen-bond acceptors (Lipinski definition) is 8. The quantitative estimate of drug-likeness (QED) is 0.811. The minimum Gasteiger partial charge on any atom is -0.462 e. The van der Waals surface area contributed by atoms with Crippen molar-refractivity contribution in [3.8, 4) is 0 Å². The summed E-state index contributed by atoms with van der Waals surface area (Å²) in [6, 6.07) is 0. The van der Waals surface area contributed by atoms with Gasteiger partial charge in [0.15, 0.2) is 9.84 Å². The number of carbonyl (C=O) groups excluding carboxylic acids is 1. The molecule has 9 heteroatoms. The molecule has 1 aromatic heterocycles. The number of rotatable bonds is 4. The van der Waals surface area contributed by atoms with E-state index in [9.17, 15) is 13.2 Å². The zero-order valence-electron chi connectivity index (χ0n) is 11.9. The maximum atomic E-state index is 12.0. The number of carbonyl (C=O) groups is 1. The first-order valence-electron chi connectivity index (χ1n) is 6.48. The Morgan fingerprint density at radius 2 is 2.05 bits per heavy atom. The van der Waals surface area contributed by atoms with Crippen LogP contribution in [0.3, 0.4) is 0 Å². The Balaban J connectivity index is 2.52. The molecular formula is C12H18N2O5S2. The van der Waals surface area contributed by atoms with E-state index in [4.69, 9.17) is 15.2 Å². The number of hydrogen-bond donors (Lipinski definition) is 1. The lowest BCUT2D eigenvalue weighted by Gasteiger charge is -2.28. The third kappa shape index (κ3) is 3.30. The van der Waals surface area contributed by atoms with Gasteiger partial charge in [-0.05, 0) is 6.92 Å². The molecule has 0 radical (unpaired) electrons. The molecule has 0 aromatic carbocycles. The highest BCUT2D eigenvalue weighted by Gasteiger charge is 2.31. The van der Waals surface area contributed by atoms with Gasteiger partial charge < -0.3 is 20.1 Å². The van der Waals surface area contributed by atoms with Crippen LogP contribution in [0.4, 0.5) is 10.7 Å². The molecule has 1 saturated heterocycles. The number of nitrogens with two attached hydrogens (primary N) is 1. The lowest BCUT2D eigenvalue weighted by Crippen LogP contribution is -2.36. The lowest BCUT2D eigenvalue weighted by molar-refractivity contribution is 0.0533. The second-order valence-electron chi connectivity index (χ2n) is 4.57. The summed E-state index contributed by atoms with van der Waals surface area (Å²) in [6.07, 6.45) is 1.09. The summed E-state index contributed by atoms with van der Waals surface area (Å²) in [5.74, 6) is -0.593. The number of ether oxygens (including phenoxy) is 2. The van der Waals surface area contributed by atoms with E-state index in [1.165, 1.54) is 0 Å². The smallest absolute Gasteiger partial charge is 0.350 e. The first-order valence-corrected chi connectivity index (χ1v) is 9.19. The lowest BCUT2D eigenvalue weighted by atomic mass is 10.3. The van der Waals surface area contributed by atoms with Gasteiger partial charge in [0.2, 0.25) is 0 Å². The van der Waals surface area contributed by atoms with E-state index < -0.39 is 15.8 Å². The zero-order chi connectivity index (χ0) is 15.6. The maximum absolute atomic E-state index is 12.0. The third-order valence-corrected chi connectivity index (χ3v) is 5.54. The molecule has 0 spiro atoms. The van der Waals surface area contributed by atoms with Crippen molar-refractivity contribution >= 4 is 37.8 Å². The van der Waals surface area contributed by atoms with Crippen molar-refractivity contribution < 1.29 is 22.7 Å². The molecule has 0 aliphatic carbocycles. The first-order chi connectivity index (χ1) is 9.86. The highest BCUT2D eigenvalue weighted by molar-refractivity contribution is 7.91. The van der Waals surface area contributed by atoms with Crippen LogP contribution in [0.1, 0.15) is 16.6 Å². The molecule has 7 nitrogen and oxygen atoms in total. The van der Waals surface area contributed by atoms with Gasteiger partial charge in [-0.15, -0.1) is 11.3 Å². The van der Waals surface area contributed by atoms with Gasteiger partial charge in [0.1, 0.15) is 14.8 Å². The standard InChI is InChI=1S/C12H18N2O5S2/c1-3-19-12(15)9-8(13)10(21(2,16)17)11(20-9)14-4-6-18-7-5-14/h3-7,13H2,1-2H3. The van der Waals surface area contributed by atoms with Crippen molar-refractivity contribution in [3.05, 3.63) is 4.88 Å². The van der Waals surface area contributed by atoms with Crippen LogP contribution in [0.15, 0.2) is 4.90 Å². The van der Waals surface area contributed by atoms with Crippen molar-refractivity contribution in [2.24, 2.45) is 0 Å². The molecule has 21 heavy (non-hydrogen) atoms. The predicted octanol–water partition coefficient (Wildman–Crippen LogP) is 0.747. The van der Waals surface area contributed by atoms with Crippen LogP contribution < -0.4 is 10.6 Å². The summed E-state index contributed by atoms with van der Waals surface area (Å²) in [7, 11) is -3.55. The molecule has 2 N–H and O–H groups in total. The molecule has 1 aromatic rings. The minimum absolute atomic E-state index is 0.0115. The molecule has 1 aliphatic rings. The molecule has 2 heterocycles. The van der Waals surface area contributed by atoms with Gasteiger partial charge in [-0.3, -0.25) is 0 Å². The molecule has 1 aliphatic heterocycles. The molecule has 0 saturated carbocycles. The molecule has 0 amide bonds. The number of morpholine rings is 1. The zero-order valence-corrected chi connectivity index (χ0v) is 13.6. The highest BCUT2D eigenvalue weighted by Crippen LogP contribution is 2.42. The second kappa shape index (κ2) is 6.20. The maximum Gasteiger partial charge on any atom is 0.350 e. The number of thiophene rings is 1. The summed E-state index contributed by atoms with van der Waals surface area (Å²) in [5.41, 5.74) is 5.88. The van der Waals surface area contributed by atoms with Crippen molar-refractivity contribution in [3.63, 3.8) is 0 Å². The predicted molar refractivity (Wildman–Crippen MR) is 80.8 cm³/mol. The van der Waals surface area contributed by atoms with E-state index in [2.05, 4.69) is 0 Å². The van der Waals surface area contributed by atoms with Crippen LogP contribution in [-0.4, -0.2) is 53.6 Å². The molecule has 118 valence electrons. The van der Waals surface area contributed by atoms with E-state index in [1.807, 2.05) is 4.90 Å². The topological polar surface area (TPSA) is 98.9 Å². The van der Waals surface area contributed by atoms with Crippen LogP contribution in [0.25, 0.3) is 0 Å². The van der Waals surface area contributed by atoms with E-state index in [0.717, 1.165) is 17.6 Å². The first kappa shape index (κ1) is 16.1. The van der Waals surface area contributed by atoms with E-state index in [-0.39, 0.29) is 22.1 Å². The Bertz CT molecular complexity index is 632. The van der Waals surface area contributed by atoms with Gasteiger partial charge in [0.25, 0.3) is 0 Å². The van der Waals surface area contributed by atoms with Gasteiger partial charge in [-0.1, -0.05) is 0 Å². The number of nitrogen functional groups attached to an aromatic ring is 1. The largest absolute Gasteiger partial charge is 0.462 e. The van der Waals surface area contributed by atoms with Crippen LogP contribution >= 0.6 is 11.3 Å². The Hall–Kier alpha value is -1.32. The molecule has 0 bridgehead atoms.